The summed E-state index contributed by atoms with van der Waals surface area (Å²) in [4.78, 5) is 0.505. The van der Waals surface area contributed by atoms with Gasteiger partial charge in [-0.2, -0.15) is 0 Å². The molecule has 0 radical (unpaired) electrons. The fourth-order valence-corrected chi connectivity index (χ4v) is 1.39. The Labute approximate surface area is 90.1 Å². The van der Waals surface area contributed by atoms with Crippen LogP contribution in [0.1, 0.15) is 18.9 Å². The highest BCUT2D eigenvalue weighted by Crippen LogP contribution is 2.05. The van der Waals surface area contributed by atoms with Crippen LogP contribution in [-0.4, -0.2) is 11.1 Å². The molecular weight excluding hydrogens is 194 g/mol. The van der Waals surface area contributed by atoms with Gasteiger partial charge in [0.2, 0.25) is 0 Å². The molecule has 14 heavy (non-hydrogen) atoms. The molecule has 0 aliphatic rings. The predicted octanol–water partition coefficient (Wildman–Crippen LogP) is 2.27. The van der Waals surface area contributed by atoms with Gasteiger partial charge >= 0.3 is 0 Å². The van der Waals surface area contributed by atoms with E-state index in [1.165, 1.54) is 5.56 Å². The van der Waals surface area contributed by atoms with Crippen LogP contribution in [0.2, 0.25) is 0 Å². The molecule has 1 aromatic carbocycles. The molecule has 2 N–H and O–H groups in total. The van der Waals surface area contributed by atoms with Gasteiger partial charge in [0.15, 0.2) is 0 Å². The topological polar surface area (TPSA) is 35.2 Å². The molecule has 3 heteroatoms. The van der Waals surface area contributed by atoms with Crippen LogP contribution in [-0.2, 0) is 11.3 Å². The monoisotopic (exact) mass is 209 g/mol. The highest BCUT2D eigenvalue weighted by molar-refractivity contribution is 7.80. The van der Waals surface area contributed by atoms with Gasteiger partial charge in [-0.25, -0.2) is 0 Å². The van der Waals surface area contributed by atoms with E-state index >= 15 is 0 Å². The van der Waals surface area contributed by atoms with E-state index in [1.807, 2.05) is 37.3 Å². The lowest BCUT2D eigenvalue weighted by atomic mass is 10.2. The van der Waals surface area contributed by atoms with Crippen molar-refractivity contribution < 1.29 is 4.74 Å². The second-order valence-corrected chi connectivity index (χ2v) is 3.80. The molecule has 0 heterocycles. The standard InChI is InChI=1S/C11H15NOS/c1-9(7-11(12)14)13-8-10-5-3-2-4-6-10/h2-6,9H,7-8H2,1H3,(H2,12,14). The van der Waals surface area contributed by atoms with Gasteiger partial charge in [0.1, 0.15) is 0 Å². The van der Waals surface area contributed by atoms with Crippen LogP contribution in [0.25, 0.3) is 0 Å². The third kappa shape index (κ3) is 4.35. The van der Waals surface area contributed by atoms with Crippen LogP contribution in [0.5, 0.6) is 0 Å². The van der Waals surface area contributed by atoms with Crippen LogP contribution in [0.15, 0.2) is 30.3 Å². The third-order valence-corrected chi connectivity index (χ3v) is 2.03. The van der Waals surface area contributed by atoms with Crippen LogP contribution in [0.3, 0.4) is 0 Å². The van der Waals surface area contributed by atoms with Gasteiger partial charge in [-0.1, -0.05) is 42.5 Å². The van der Waals surface area contributed by atoms with Crippen LogP contribution in [0.4, 0.5) is 0 Å². The molecule has 0 bridgehead atoms. The third-order valence-electron chi connectivity index (χ3n) is 1.87. The Morgan fingerprint density at radius 1 is 1.43 bits per heavy atom. The fourth-order valence-electron chi connectivity index (χ4n) is 1.15. The molecule has 0 aliphatic carbocycles. The molecule has 76 valence electrons. The second kappa shape index (κ2) is 5.73. The lowest BCUT2D eigenvalue weighted by Crippen LogP contribution is -2.18. The van der Waals surface area contributed by atoms with E-state index in [0.717, 1.165) is 0 Å². The number of benzene rings is 1. The zero-order valence-corrected chi connectivity index (χ0v) is 9.09. The van der Waals surface area contributed by atoms with Crippen molar-refractivity contribution in [2.75, 3.05) is 0 Å². The lowest BCUT2D eigenvalue weighted by Gasteiger charge is -2.11. The lowest BCUT2D eigenvalue weighted by molar-refractivity contribution is 0.0582. The van der Waals surface area contributed by atoms with E-state index < -0.39 is 0 Å². The van der Waals surface area contributed by atoms with Crippen molar-refractivity contribution in [2.24, 2.45) is 5.73 Å². The number of hydrogen-bond acceptors (Lipinski definition) is 2. The quantitative estimate of drug-likeness (QED) is 0.756. The Balaban J connectivity index is 2.30. The minimum atomic E-state index is 0.0905. The van der Waals surface area contributed by atoms with E-state index in [0.29, 0.717) is 18.0 Å². The number of rotatable bonds is 5. The first-order valence-corrected chi connectivity index (χ1v) is 5.03. The maximum absolute atomic E-state index is 5.57. The van der Waals surface area contributed by atoms with Crippen molar-refractivity contribution in [3.05, 3.63) is 35.9 Å². The van der Waals surface area contributed by atoms with Crippen LogP contribution >= 0.6 is 12.2 Å². The Hall–Kier alpha value is -0.930. The first-order valence-electron chi connectivity index (χ1n) is 4.62. The summed E-state index contributed by atoms with van der Waals surface area (Å²) < 4.78 is 5.57. The first-order chi connectivity index (χ1) is 6.68. The van der Waals surface area contributed by atoms with Crippen molar-refractivity contribution in [3.8, 4) is 0 Å². The minimum absolute atomic E-state index is 0.0905. The SMILES string of the molecule is CC(CC(N)=S)OCc1ccccc1. The van der Waals surface area contributed by atoms with Crippen LogP contribution in [0, 0.1) is 0 Å². The van der Waals surface area contributed by atoms with Crippen molar-refractivity contribution in [1.29, 1.82) is 0 Å². The summed E-state index contributed by atoms with van der Waals surface area (Å²) in [5.74, 6) is 0. The Morgan fingerprint density at radius 3 is 2.64 bits per heavy atom. The molecule has 0 saturated heterocycles. The van der Waals surface area contributed by atoms with Crippen molar-refractivity contribution >= 4 is 17.2 Å². The number of hydrogen-bond donors (Lipinski definition) is 1. The molecule has 0 saturated carbocycles. The van der Waals surface area contributed by atoms with Gasteiger partial charge in [-0.05, 0) is 12.5 Å². The average molecular weight is 209 g/mol. The summed E-state index contributed by atoms with van der Waals surface area (Å²) >= 11 is 4.80. The molecule has 0 aromatic heterocycles. The molecule has 0 fully saturated rings. The molecule has 1 rings (SSSR count). The Kier molecular flexibility index (Phi) is 4.56. The maximum atomic E-state index is 5.57. The van der Waals surface area contributed by atoms with E-state index in [9.17, 15) is 0 Å². The van der Waals surface area contributed by atoms with Gasteiger partial charge in [-0.15, -0.1) is 0 Å². The molecule has 2 nitrogen and oxygen atoms in total. The summed E-state index contributed by atoms with van der Waals surface area (Å²) in [6, 6.07) is 10.1. The highest BCUT2D eigenvalue weighted by Gasteiger charge is 2.03. The summed E-state index contributed by atoms with van der Waals surface area (Å²) in [7, 11) is 0. The molecule has 1 aromatic rings. The minimum Gasteiger partial charge on any atom is -0.393 e. The van der Waals surface area contributed by atoms with E-state index in [4.69, 9.17) is 22.7 Å². The molecular formula is C11H15NOS. The smallest absolute Gasteiger partial charge is 0.0753 e. The van der Waals surface area contributed by atoms with Gasteiger partial charge in [0, 0.05) is 6.42 Å². The van der Waals surface area contributed by atoms with E-state index in [1.54, 1.807) is 0 Å². The molecule has 0 aliphatic heterocycles. The van der Waals surface area contributed by atoms with Crippen molar-refractivity contribution in [2.45, 2.75) is 26.1 Å². The van der Waals surface area contributed by atoms with Gasteiger partial charge in [-0.3, -0.25) is 0 Å². The number of thiocarbonyl (C=S) groups is 1. The largest absolute Gasteiger partial charge is 0.393 e. The highest BCUT2D eigenvalue weighted by atomic mass is 32.1. The van der Waals surface area contributed by atoms with Crippen LogP contribution < -0.4 is 5.73 Å². The first kappa shape index (κ1) is 11.1. The summed E-state index contributed by atoms with van der Waals surface area (Å²) in [6.07, 6.45) is 0.732. The number of ether oxygens (including phenoxy) is 1. The normalized spacial score (nSPS) is 12.4. The average Bonchev–Trinajstić information content (AvgIpc) is 2.15. The van der Waals surface area contributed by atoms with Gasteiger partial charge in [0.25, 0.3) is 0 Å². The second-order valence-electron chi connectivity index (χ2n) is 3.28. The van der Waals surface area contributed by atoms with Crippen molar-refractivity contribution in [3.63, 3.8) is 0 Å². The summed E-state index contributed by atoms with van der Waals surface area (Å²) in [5.41, 5.74) is 6.58. The van der Waals surface area contributed by atoms with E-state index in [-0.39, 0.29) is 6.10 Å². The Morgan fingerprint density at radius 2 is 2.07 bits per heavy atom. The summed E-state index contributed by atoms with van der Waals surface area (Å²) in [6.45, 7) is 2.59. The molecule has 1 atom stereocenters. The van der Waals surface area contributed by atoms with Gasteiger partial charge in [0.05, 0.1) is 17.7 Å². The fraction of sp³-hybridized carbons (Fsp3) is 0.364. The molecule has 0 amide bonds. The van der Waals surface area contributed by atoms with E-state index in [2.05, 4.69) is 0 Å². The molecule has 0 spiro atoms. The summed E-state index contributed by atoms with van der Waals surface area (Å²) in [5, 5.41) is 0. The van der Waals surface area contributed by atoms with Gasteiger partial charge < -0.3 is 10.5 Å². The zero-order chi connectivity index (χ0) is 10.4. The molecule has 1 unspecified atom stereocenters. The Bertz CT molecular complexity index is 287. The maximum Gasteiger partial charge on any atom is 0.0753 e. The predicted molar refractivity (Wildman–Crippen MR) is 62.1 cm³/mol. The zero-order valence-electron chi connectivity index (χ0n) is 8.27. The van der Waals surface area contributed by atoms with Crippen molar-refractivity contribution in [1.82, 2.24) is 0 Å². The number of nitrogens with two attached hydrogens (primary N) is 1.